The van der Waals surface area contributed by atoms with Crippen LogP contribution < -0.4 is 0 Å². The van der Waals surface area contributed by atoms with E-state index >= 15 is 0 Å². The molecule has 0 heterocycles. The lowest BCUT2D eigenvalue weighted by atomic mass is 9.33. The zero-order valence-electron chi connectivity index (χ0n) is 22.5. The number of hydrogen-bond donors (Lipinski definition) is 3. The van der Waals surface area contributed by atoms with Crippen molar-refractivity contribution in [1.29, 1.82) is 0 Å². The van der Waals surface area contributed by atoms with Crippen LogP contribution in [0.1, 0.15) is 99.8 Å². The van der Waals surface area contributed by atoms with Crippen molar-refractivity contribution < 1.29 is 20.1 Å². The zero-order chi connectivity index (χ0) is 25.1. The molecule has 4 nitrogen and oxygen atoms in total. The molecule has 0 spiro atoms. The normalized spacial score (nSPS) is 56.3. The van der Waals surface area contributed by atoms with Gasteiger partial charge in [0.1, 0.15) is 0 Å². The van der Waals surface area contributed by atoms with Gasteiger partial charge in [0.05, 0.1) is 17.6 Å². The Morgan fingerprint density at radius 3 is 2.26 bits per heavy atom. The molecule has 4 saturated carbocycles. The first-order chi connectivity index (χ1) is 15.7. The van der Waals surface area contributed by atoms with E-state index in [1.807, 2.05) is 0 Å². The van der Waals surface area contributed by atoms with Gasteiger partial charge in [-0.2, -0.15) is 0 Å². The maximum absolute atomic E-state index is 12.8. The summed E-state index contributed by atoms with van der Waals surface area (Å²) in [5.41, 5.74) is 0.574. The fraction of sp³-hybridized carbons (Fsp3) is 0.900. The number of carboxylic acid groups (broad SMARTS) is 1. The van der Waals surface area contributed by atoms with Gasteiger partial charge in [0.2, 0.25) is 0 Å². The molecule has 0 bridgehead atoms. The number of carbonyl (C=O) groups is 1. The molecule has 0 radical (unpaired) electrons. The second-order valence-corrected chi connectivity index (χ2v) is 14.6. The largest absolute Gasteiger partial charge is 0.481 e. The topological polar surface area (TPSA) is 77.8 Å². The SMILES string of the molecule is C[C@@H]1CC[C@@]2(C(=O)O)CC[C@]3(C)C(=CCC4[C@@]5(C)C[C@@H](O)[C@H](O)C(C)(C)[C@@H]5CC[C@]43C)C2[C@H]1C. The molecule has 192 valence electrons. The lowest BCUT2D eigenvalue weighted by molar-refractivity contribution is -0.232. The van der Waals surface area contributed by atoms with Crippen molar-refractivity contribution in [3.8, 4) is 0 Å². The molecular weight excluding hydrogens is 424 g/mol. The van der Waals surface area contributed by atoms with Gasteiger partial charge in [-0.25, -0.2) is 0 Å². The second kappa shape index (κ2) is 7.34. The van der Waals surface area contributed by atoms with Gasteiger partial charge in [-0.3, -0.25) is 4.79 Å². The molecule has 34 heavy (non-hydrogen) atoms. The summed E-state index contributed by atoms with van der Waals surface area (Å²) in [6.45, 7) is 16.3. The van der Waals surface area contributed by atoms with Crippen LogP contribution in [0.3, 0.4) is 0 Å². The number of aliphatic hydroxyl groups excluding tert-OH is 2. The van der Waals surface area contributed by atoms with E-state index in [4.69, 9.17) is 0 Å². The van der Waals surface area contributed by atoms with Crippen LogP contribution >= 0.6 is 0 Å². The summed E-state index contributed by atoms with van der Waals surface area (Å²) in [7, 11) is 0. The van der Waals surface area contributed by atoms with E-state index in [0.717, 1.165) is 44.9 Å². The fourth-order valence-electron chi connectivity index (χ4n) is 11.0. The van der Waals surface area contributed by atoms with Crippen molar-refractivity contribution in [2.75, 3.05) is 0 Å². The Kier molecular flexibility index (Phi) is 5.36. The summed E-state index contributed by atoms with van der Waals surface area (Å²) in [5, 5.41) is 32.4. The molecule has 0 amide bonds. The summed E-state index contributed by atoms with van der Waals surface area (Å²) < 4.78 is 0. The molecule has 4 heteroatoms. The third-order valence-electron chi connectivity index (χ3n) is 13.4. The Balaban J connectivity index is 1.62. The fourth-order valence-corrected chi connectivity index (χ4v) is 11.0. The van der Waals surface area contributed by atoms with Gasteiger partial charge < -0.3 is 15.3 Å². The van der Waals surface area contributed by atoms with Crippen molar-refractivity contribution in [2.45, 2.75) is 112 Å². The van der Waals surface area contributed by atoms with Crippen LogP contribution in [0.5, 0.6) is 0 Å². The molecule has 4 fully saturated rings. The predicted molar refractivity (Wildman–Crippen MR) is 134 cm³/mol. The molecule has 0 aromatic heterocycles. The Bertz CT molecular complexity index is 907. The van der Waals surface area contributed by atoms with Gasteiger partial charge in [-0.05, 0) is 103 Å². The van der Waals surface area contributed by atoms with E-state index in [1.54, 1.807) is 0 Å². The number of hydrogen-bond acceptors (Lipinski definition) is 3. The van der Waals surface area contributed by atoms with E-state index < -0.39 is 23.6 Å². The number of aliphatic hydroxyl groups is 2. The molecule has 3 N–H and O–H groups in total. The quantitative estimate of drug-likeness (QED) is 0.405. The monoisotopic (exact) mass is 472 g/mol. The Morgan fingerprint density at radius 1 is 0.941 bits per heavy atom. The standard InChI is InChI=1S/C30H48O4/c1-17-10-13-30(25(33)34)15-14-28(6)19(23(30)18(17)2)8-9-22-27(5)16-20(31)24(32)26(3,4)21(27)11-12-29(22,28)7/h8,17-18,20-24,31-32H,9-16H2,1-7H3,(H,33,34)/t17-,18+,20-,21+,22?,23?,24+,27+,28-,29-,30-/m1/s1. The molecule has 11 atom stereocenters. The highest BCUT2D eigenvalue weighted by atomic mass is 16.4. The molecule has 0 aliphatic heterocycles. The number of rotatable bonds is 1. The average Bonchev–Trinajstić information content (AvgIpc) is 2.75. The van der Waals surface area contributed by atoms with E-state index in [0.29, 0.717) is 30.1 Å². The average molecular weight is 473 g/mol. The highest BCUT2D eigenvalue weighted by Gasteiger charge is 2.70. The van der Waals surface area contributed by atoms with Gasteiger partial charge in [-0.15, -0.1) is 0 Å². The lowest BCUT2D eigenvalue weighted by Crippen LogP contribution is -2.67. The molecule has 0 aromatic carbocycles. The van der Waals surface area contributed by atoms with Crippen LogP contribution in [0.25, 0.3) is 0 Å². The lowest BCUT2D eigenvalue weighted by Gasteiger charge is -2.71. The van der Waals surface area contributed by atoms with Crippen molar-refractivity contribution in [2.24, 2.45) is 56.7 Å². The van der Waals surface area contributed by atoms with Gasteiger partial charge in [0, 0.05) is 0 Å². The van der Waals surface area contributed by atoms with Crippen molar-refractivity contribution in [3.63, 3.8) is 0 Å². The first-order valence-electron chi connectivity index (χ1n) is 14.0. The second-order valence-electron chi connectivity index (χ2n) is 14.6. The number of aliphatic carboxylic acids is 1. The minimum absolute atomic E-state index is 0.00993. The molecule has 0 aromatic rings. The van der Waals surface area contributed by atoms with Crippen LogP contribution in [0.15, 0.2) is 11.6 Å². The van der Waals surface area contributed by atoms with Gasteiger partial charge in [0.25, 0.3) is 0 Å². The molecule has 5 aliphatic carbocycles. The molecule has 5 rings (SSSR count). The van der Waals surface area contributed by atoms with Gasteiger partial charge >= 0.3 is 5.97 Å². The summed E-state index contributed by atoms with van der Waals surface area (Å²) in [6.07, 6.45) is 8.53. The number of fused-ring (bicyclic) bond motifs is 7. The Morgan fingerprint density at radius 2 is 1.62 bits per heavy atom. The van der Waals surface area contributed by atoms with Crippen molar-refractivity contribution in [1.82, 2.24) is 0 Å². The summed E-state index contributed by atoms with van der Waals surface area (Å²) in [6, 6.07) is 0. The highest BCUT2D eigenvalue weighted by Crippen LogP contribution is 2.75. The third kappa shape index (κ3) is 2.76. The van der Waals surface area contributed by atoms with E-state index in [-0.39, 0.29) is 27.6 Å². The summed E-state index contributed by atoms with van der Waals surface area (Å²) in [4.78, 5) is 12.8. The Hall–Kier alpha value is -0.870. The highest BCUT2D eigenvalue weighted by molar-refractivity contribution is 5.76. The minimum atomic E-state index is -0.679. The van der Waals surface area contributed by atoms with Crippen LogP contribution in [0.4, 0.5) is 0 Å². The maximum atomic E-state index is 12.8. The number of allylic oxidation sites excluding steroid dienone is 2. The van der Waals surface area contributed by atoms with Crippen LogP contribution in [0.2, 0.25) is 0 Å². The third-order valence-corrected chi connectivity index (χ3v) is 13.4. The van der Waals surface area contributed by atoms with E-state index in [2.05, 4.69) is 54.5 Å². The summed E-state index contributed by atoms with van der Waals surface area (Å²) in [5.74, 6) is 1.30. The smallest absolute Gasteiger partial charge is 0.310 e. The first kappa shape index (κ1) is 24.8. The van der Waals surface area contributed by atoms with Crippen molar-refractivity contribution >= 4 is 5.97 Å². The number of carboxylic acids is 1. The maximum Gasteiger partial charge on any atom is 0.310 e. The van der Waals surface area contributed by atoms with Gasteiger partial charge in [0.15, 0.2) is 0 Å². The predicted octanol–water partition coefficient (Wildman–Crippen LogP) is 6.06. The van der Waals surface area contributed by atoms with Crippen LogP contribution in [-0.4, -0.2) is 33.5 Å². The Labute approximate surface area is 206 Å². The molecular formula is C30H48O4. The zero-order valence-corrected chi connectivity index (χ0v) is 22.5. The van der Waals surface area contributed by atoms with Crippen LogP contribution in [0, 0.1) is 56.7 Å². The van der Waals surface area contributed by atoms with Gasteiger partial charge in [-0.1, -0.05) is 60.1 Å². The molecule has 5 aliphatic rings. The van der Waals surface area contributed by atoms with E-state index in [9.17, 15) is 20.1 Å². The molecule has 2 unspecified atom stereocenters. The van der Waals surface area contributed by atoms with Crippen molar-refractivity contribution in [3.05, 3.63) is 11.6 Å². The van der Waals surface area contributed by atoms with E-state index in [1.165, 1.54) is 5.57 Å². The summed E-state index contributed by atoms with van der Waals surface area (Å²) >= 11 is 0. The molecule has 0 saturated heterocycles. The minimum Gasteiger partial charge on any atom is -0.481 e. The van der Waals surface area contributed by atoms with Crippen LogP contribution in [-0.2, 0) is 4.79 Å². The first-order valence-corrected chi connectivity index (χ1v) is 14.0.